The summed E-state index contributed by atoms with van der Waals surface area (Å²) in [4.78, 5) is 13.6. The highest BCUT2D eigenvalue weighted by Crippen LogP contribution is 2.19. The highest BCUT2D eigenvalue weighted by atomic mass is 16.6. The molecule has 0 spiro atoms. The number of ether oxygens (including phenoxy) is 1. The van der Waals surface area contributed by atoms with Crippen molar-refractivity contribution in [2.24, 2.45) is 5.11 Å². The van der Waals surface area contributed by atoms with Crippen LogP contribution in [0.4, 0.5) is 0 Å². The number of hydrogen-bond donors (Lipinski definition) is 5. The van der Waals surface area contributed by atoms with E-state index in [9.17, 15) is 20.1 Å². The van der Waals surface area contributed by atoms with Crippen molar-refractivity contribution in [3.63, 3.8) is 0 Å². The third-order valence-corrected chi connectivity index (χ3v) is 2.47. The van der Waals surface area contributed by atoms with Gasteiger partial charge in [0, 0.05) is 4.91 Å². The van der Waals surface area contributed by atoms with Crippen molar-refractivity contribution in [2.45, 2.75) is 30.6 Å². The molecule has 18 heavy (non-hydrogen) atoms. The summed E-state index contributed by atoms with van der Waals surface area (Å²) in [7, 11) is 0. The molecule has 5 N–H and O–H groups in total. The molecule has 1 aliphatic rings. The number of nitrogens with zero attached hydrogens (tertiary/aromatic N) is 3. The molecule has 1 amide bonds. The molecule has 1 saturated heterocycles. The third kappa shape index (κ3) is 3.29. The Morgan fingerprint density at radius 3 is 2.56 bits per heavy atom. The van der Waals surface area contributed by atoms with Gasteiger partial charge in [0.15, 0.2) is 6.23 Å². The number of aliphatic hydroxyl groups excluding tert-OH is 4. The van der Waals surface area contributed by atoms with Crippen molar-refractivity contribution in [1.82, 2.24) is 5.32 Å². The Morgan fingerprint density at radius 2 is 2.00 bits per heavy atom. The van der Waals surface area contributed by atoms with Gasteiger partial charge in [0.25, 0.3) is 0 Å². The minimum absolute atomic E-state index is 0.495. The molecule has 0 aromatic heterocycles. The minimum Gasteiger partial charge on any atom is -0.394 e. The van der Waals surface area contributed by atoms with E-state index in [1.807, 2.05) is 0 Å². The zero-order valence-corrected chi connectivity index (χ0v) is 9.25. The lowest BCUT2D eigenvalue weighted by molar-refractivity contribution is -0.235. The molecular weight excluding hydrogens is 248 g/mol. The number of azide groups is 1. The number of carbonyl (C=O) groups is 1. The average Bonchev–Trinajstić information content (AvgIpc) is 2.37. The van der Waals surface area contributed by atoms with Gasteiger partial charge in [0.05, 0.1) is 6.61 Å². The van der Waals surface area contributed by atoms with Crippen LogP contribution in [0, 0.1) is 0 Å². The first-order valence-corrected chi connectivity index (χ1v) is 5.12. The molecule has 10 nitrogen and oxygen atoms in total. The van der Waals surface area contributed by atoms with Crippen molar-refractivity contribution >= 4 is 5.91 Å². The molecule has 0 aromatic carbocycles. The summed E-state index contributed by atoms with van der Waals surface area (Å²) >= 11 is 0. The number of amides is 1. The van der Waals surface area contributed by atoms with Gasteiger partial charge in [-0.2, -0.15) is 0 Å². The van der Waals surface area contributed by atoms with Gasteiger partial charge in [-0.3, -0.25) is 4.79 Å². The van der Waals surface area contributed by atoms with E-state index in [1.54, 1.807) is 0 Å². The SMILES string of the molecule is [N-]=[N+]=NCC(=O)N[C@@H]1O[C@H](CO)[C@@H](O)[C@H](O)[C@H]1O. The molecular formula is C8H14N4O6. The molecule has 0 radical (unpaired) electrons. The number of aliphatic hydroxyl groups is 4. The molecule has 0 aromatic rings. The van der Waals surface area contributed by atoms with Crippen LogP contribution in [0.1, 0.15) is 0 Å². The van der Waals surface area contributed by atoms with E-state index >= 15 is 0 Å². The highest BCUT2D eigenvalue weighted by molar-refractivity contribution is 5.78. The monoisotopic (exact) mass is 262 g/mol. The van der Waals surface area contributed by atoms with Crippen LogP contribution in [0.5, 0.6) is 0 Å². The van der Waals surface area contributed by atoms with Crippen LogP contribution in [0.25, 0.3) is 10.4 Å². The van der Waals surface area contributed by atoms with Gasteiger partial charge in [-0.25, -0.2) is 0 Å². The highest BCUT2D eigenvalue weighted by Gasteiger charge is 2.43. The molecule has 0 aliphatic carbocycles. The fourth-order valence-electron chi connectivity index (χ4n) is 1.52. The summed E-state index contributed by atoms with van der Waals surface area (Å²) in [6, 6.07) is 0. The van der Waals surface area contributed by atoms with Crippen LogP contribution in [0.3, 0.4) is 0 Å². The van der Waals surface area contributed by atoms with Gasteiger partial charge in [-0.1, -0.05) is 5.11 Å². The Labute approximate surface area is 101 Å². The van der Waals surface area contributed by atoms with Crippen molar-refractivity contribution in [3.8, 4) is 0 Å². The van der Waals surface area contributed by atoms with E-state index in [-0.39, 0.29) is 0 Å². The Hall–Kier alpha value is -1.42. The zero-order valence-electron chi connectivity index (χ0n) is 9.25. The molecule has 1 heterocycles. The zero-order chi connectivity index (χ0) is 13.7. The largest absolute Gasteiger partial charge is 0.394 e. The van der Waals surface area contributed by atoms with Crippen LogP contribution in [0.15, 0.2) is 5.11 Å². The van der Waals surface area contributed by atoms with Crippen molar-refractivity contribution in [1.29, 1.82) is 0 Å². The Kier molecular flexibility index (Phi) is 5.28. The summed E-state index contributed by atoms with van der Waals surface area (Å²) in [6.45, 7) is -1.08. The van der Waals surface area contributed by atoms with E-state index in [1.165, 1.54) is 0 Å². The predicted octanol–water partition coefficient (Wildman–Crippen LogP) is -2.79. The second-order valence-corrected chi connectivity index (χ2v) is 3.71. The summed E-state index contributed by atoms with van der Waals surface area (Å²) < 4.78 is 5.00. The lowest BCUT2D eigenvalue weighted by atomic mass is 9.98. The van der Waals surface area contributed by atoms with Crippen LogP contribution in [-0.4, -0.2) is 70.1 Å². The number of nitrogens with one attached hydrogen (secondary N) is 1. The molecule has 0 unspecified atom stereocenters. The summed E-state index contributed by atoms with van der Waals surface area (Å²) in [6.07, 6.45) is -7.02. The van der Waals surface area contributed by atoms with Gasteiger partial charge in [0.2, 0.25) is 5.91 Å². The van der Waals surface area contributed by atoms with Crippen LogP contribution in [-0.2, 0) is 9.53 Å². The Balaban J connectivity index is 2.64. The van der Waals surface area contributed by atoms with Gasteiger partial charge in [-0.15, -0.1) is 0 Å². The molecule has 0 bridgehead atoms. The maximum absolute atomic E-state index is 11.2. The molecule has 1 aliphatic heterocycles. The molecule has 10 heteroatoms. The van der Waals surface area contributed by atoms with E-state index in [2.05, 4.69) is 15.3 Å². The number of hydrogen-bond acceptors (Lipinski definition) is 7. The maximum Gasteiger partial charge on any atom is 0.227 e. The topological polar surface area (TPSA) is 168 Å². The van der Waals surface area contributed by atoms with Crippen LogP contribution in [0.2, 0.25) is 0 Å². The van der Waals surface area contributed by atoms with Crippen LogP contribution >= 0.6 is 0 Å². The number of carbonyl (C=O) groups excluding carboxylic acids is 1. The smallest absolute Gasteiger partial charge is 0.227 e. The second-order valence-electron chi connectivity index (χ2n) is 3.71. The van der Waals surface area contributed by atoms with Crippen molar-refractivity contribution in [2.75, 3.05) is 13.2 Å². The fourth-order valence-corrected chi connectivity index (χ4v) is 1.52. The first kappa shape index (κ1) is 14.6. The van der Waals surface area contributed by atoms with E-state index in [0.717, 1.165) is 0 Å². The summed E-state index contributed by atoms with van der Waals surface area (Å²) in [5, 5.41) is 42.5. The van der Waals surface area contributed by atoms with E-state index in [4.69, 9.17) is 15.4 Å². The van der Waals surface area contributed by atoms with Crippen molar-refractivity contribution in [3.05, 3.63) is 10.4 Å². The van der Waals surface area contributed by atoms with Gasteiger partial charge < -0.3 is 30.5 Å². The Bertz CT molecular complexity index is 344. The summed E-state index contributed by atoms with van der Waals surface area (Å²) in [5.41, 5.74) is 8.02. The van der Waals surface area contributed by atoms with Crippen LogP contribution < -0.4 is 5.32 Å². The number of rotatable bonds is 4. The molecule has 102 valence electrons. The molecule has 0 saturated carbocycles. The van der Waals surface area contributed by atoms with E-state index < -0.39 is 49.7 Å². The lowest BCUT2D eigenvalue weighted by Gasteiger charge is -2.40. The quantitative estimate of drug-likeness (QED) is 0.208. The normalized spacial score (nSPS) is 35.7. The predicted molar refractivity (Wildman–Crippen MR) is 55.9 cm³/mol. The molecule has 1 rings (SSSR count). The second kappa shape index (κ2) is 6.50. The lowest BCUT2D eigenvalue weighted by Crippen LogP contribution is -2.63. The third-order valence-electron chi connectivity index (χ3n) is 2.47. The summed E-state index contributed by atoms with van der Waals surface area (Å²) in [5.74, 6) is -0.725. The molecule has 5 atom stereocenters. The van der Waals surface area contributed by atoms with Gasteiger partial charge in [-0.05, 0) is 5.53 Å². The first-order chi connectivity index (χ1) is 8.51. The Morgan fingerprint density at radius 1 is 1.33 bits per heavy atom. The van der Waals surface area contributed by atoms with Crippen molar-refractivity contribution < 1.29 is 30.0 Å². The average molecular weight is 262 g/mol. The maximum atomic E-state index is 11.2. The van der Waals surface area contributed by atoms with Gasteiger partial charge in [0.1, 0.15) is 31.0 Å². The standard InChI is InChI=1S/C8H14N4O6/c9-12-10-1-4(14)11-8-7(17)6(16)5(15)3(2-13)18-8/h3,5-8,13,15-17H,1-2H2,(H,11,14)/t3-,5-,6+,7-,8-/m1/s1. The fraction of sp³-hybridized carbons (Fsp3) is 0.875. The molecule has 1 fully saturated rings. The minimum atomic E-state index is -1.57. The van der Waals surface area contributed by atoms with E-state index in [0.29, 0.717) is 0 Å². The van der Waals surface area contributed by atoms with Gasteiger partial charge >= 0.3 is 0 Å². The first-order valence-electron chi connectivity index (χ1n) is 5.12.